The molecular formula is C30H57O10P. The average Bonchev–Trinajstić information content (AvgIpc) is 2.95. The Balaban J connectivity index is 4.41. The van der Waals surface area contributed by atoms with E-state index in [0.717, 1.165) is 64.2 Å². The van der Waals surface area contributed by atoms with Gasteiger partial charge in [0.25, 0.3) is 0 Å². The van der Waals surface area contributed by atoms with Crippen molar-refractivity contribution in [3.05, 3.63) is 12.2 Å². The number of hydrogen-bond acceptors (Lipinski definition) is 9. The van der Waals surface area contributed by atoms with E-state index in [2.05, 4.69) is 30.5 Å². The molecule has 0 amide bonds. The smallest absolute Gasteiger partial charge is 0.462 e. The molecule has 10 nitrogen and oxygen atoms in total. The number of unbranched alkanes of at least 4 members (excludes halogenated alkanes) is 13. The summed E-state index contributed by atoms with van der Waals surface area (Å²) in [5, 5.41) is 18.1. The van der Waals surface area contributed by atoms with E-state index in [1.165, 1.54) is 25.7 Å². The first-order valence-electron chi connectivity index (χ1n) is 15.6. The van der Waals surface area contributed by atoms with E-state index in [4.69, 9.17) is 19.1 Å². The summed E-state index contributed by atoms with van der Waals surface area (Å²) in [6.45, 7) is 2.21. The van der Waals surface area contributed by atoms with Gasteiger partial charge in [0.1, 0.15) is 12.7 Å². The molecule has 0 heterocycles. The van der Waals surface area contributed by atoms with Crippen molar-refractivity contribution >= 4 is 19.8 Å². The summed E-state index contributed by atoms with van der Waals surface area (Å²) in [6, 6.07) is 0. The highest BCUT2D eigenvalue weighted by Gasteiger charge is 2.27. The number of rotatable bonds is 29. The average molecular weight is 609 g/mol. The van der Waals surface area contributed by atoms with Crippen LogP contribution in [-0.2, 0) is 32.7 Å². The van der Waals surface area contributed by atoms with Gasteiger partial charge in [-0.15, -0.1) is 0 Å². The van der Waals surface area contributed by atoms with Gasteiger partial charge in [-0.1, -0.05) is 90.2 Å². The number of carbonyl (C=O) groups excluding carboxylic acids is 2. The van der Waals surface area contributed by atoms with Gasteiger partial charge in [0, 0.05) is 12.8 Å². The molecule has 0 aliphatic carbocycles. The van der Waals surface area contributed by atoms with Crippen molar-refractivity contribution < 1.29 is 47.8 Å². The van der Waals surface area contributed by atoms with Crippen LogP contribution >= 0.6 is 7.82 Å². The van der Waals surface area contributed by atoms with E-state index >= 15 is 0 Å². The number of aliphatic hydroxyl groups excluding tert-OH is 2. The maximum atomic E-state index is 12.4. The first-order valence-corrected chi connectivity index (χ1v) is 17.1. The maximum absolute atomic E-state index is 12.4. The largest absolute Gasteiger partial charge is 0.472 e. The molecule has 3 unspecified atom stereocenters. The zero-order valence-electron chi connectivity index (χ0n) is 25.5. The van der Waals surface area contributed by atoms with Crippen LogP contribution in [0.1, 0.15) is 129 Å². The Bertz CT molecular complexity index is 715. The summed E-state index contributed by atoms with van der Waals surface area (Å²) in [4.78, 5) is 34.3. The molecule has 0 aromatic carbocycles. The molecular weight excluding hydrogens is 551 g/mol. The molecule has 0 saturated carbocycles. The van der Waals surface area contributed by atoms with Crippen LogP contribution in [-0.4, -0.2) is 65.7 Å². The molecule has 0 rings (SSSR count). The third kappa shape index (κ3) is 27.3. The lowest BCUT2D eigenvalue weighted by molar-refractivity contribution is -0.161. The third-order valence-electron chi connectivity index (χ3n) is 6.42. The Kier molecular flexibility index (Phi) is 26.7. The Morgan fingerprint density at radius 2 is 1.20 bits per heavy atom. The van der Waals surface area contributed by atoms with Crippen LogP contribution in [0.2, 0.25) is 0 Å². The highest BCUT2D eigenvalue weighted by atomic mass is 31.2. The van der Waals surface area contributed by atoms with Gasteiger partial charge in [-0.3, -0.25) is 18.6 Å². The molecule has 0 bridgehead atoms. The van der Waals surface area contributed by atoms with E-state index < -0.39 is 51.8 Å². The van der Waals surface area contributed by atoms with Crippen LogP contribution in [0, 0.1) is 0 Å². The van der Waals surface area contributed by atoms with E-state index in [-0.39, 0.29) is 19.4 Å². The van der Waals surface area contributed by atoms with Crippen LogP contribution in [0.4, 0.5) is 0 Å². The SMILES string of the molecule is CCCCCC/C=C\CCCCCCCC(=O)OC(COC(=O)CCCCCCC)COP(=O)(O)OCC(O)CO. The molecule has 0 fully saturated rings. The van der Waals surface area contributed by atoms with Crippen molar-refractivity contribution in [2.75, 3.05) is 26.4 Å². The Hall–Kier alpha value is -1.29. The maximum Gasteiger partial charge on any atom is 0.472 e. The van der Waals surface area contributed by atoms with E-state index in [9.17, 15) is 24.2 Å². The van der Waals surface area contributed by atoms with E-state index in [0.29, 0.717) is 12.8 Å². The molecule has 0 saturated heterocycles. The summed E-state index contributed by atoms with van der Waals surface area (Å²) < 4.78 is 32.2. The first kappa shape index (κ1) is 39.7. The molecule has 41 heavy (non-hydrogen) atoms. The van der Waals surface area contributed by atoms with E-state index in [1.54, 1.807) is 0 Å². The van der Waals surface area contributed by atoms with Crippen LogP contribution in [0.25, 0.3) is 0 Å². The number of ether oxygens (including phenoxy) is 2. The summed E-state index contributed by atoms with van der Waals surface area (Å²) >= 11 is 0. The van der Waals surface area contributed by atoms with Crippen molar-refractivity contribution in [1.82, 2.24) is 0 Å². The molecule has 0 radical (unpaired) electrons. The monoisotopic (exact) mass is 608 g/mol. The number of aliphatic hydroxyl groups is 2. The van der Waals surface area contributed by atoms with Crippen LogP contribution in [0.5, 0.6) is 0 Å². The van der Waals surface area contributed by atoms with Crippen LogP contribution < -0.4 is 0 Å². The van der Waals surface area contributed by atoms with Gasteiger partial charge in [-0.25, -0.2) is 4.57 Å². The summed E-state index contributed by atoms with van der Waals surface area (Å²) in [7, 11) is -4.59. The topological polar surface area (TPSA) is 149 Å². The van der Waals surface area contributed by atoms with E-state index in [1.807, 2.05) is 0 Å². The minimum atomic E-state index is -4.59. The third-order valence-corrected chi connectivity index (χ3v) is 7.37. The fraction of sp³-hybridized carbons (Fsp3) is 0.867. The molecule has 0 aliphatic heterocycles. The van der Waals surface area contributed by atoms with Crippen molar-refractivity contribution in [2.24, 2.45) is 0 Å². The second-order valence-corrected chi connectivity index (χ2v) is 11.9. The molecule has 0 aromatic rings. The Morgan fingerprint density at radius 3 is 1.78 bits per heavy atom. The Morgan fingerprint density at radius 1 is 0.707 bits per heavy atom. The number of phosphoric acid groups is 1. The minimum absolute atomic E-state index is 0.176. The second-order valence-electron chi connectivity index (χ2n) is 10.5. The predicted octanol–water partition coefficient (Wildman–Crippen LogP) is 6.55. The lowest BCUT2D eigenvalue weighted by Gasteiger charge is -2.20. The predicted molar refractivity (Wildman–Crippen MR) is 159 cm³/mol. The summed E-state index contributed by atoms with van der Waals surface area (Å²) in [6.07, 6.45) is 19.5. The molecule has 0 aromatic heterocycles. The van der Waals surface area contributed by atoms with Crippen molar-refractivity contribution in [2.45, 2.75) is 142 Å². The van der Waals surface area contributed by atoms with Gasteiger partial charge in [-0.05, 0) is 38.5 Å². The van der Waals surface area contributed by atoms with Gasteiger partial charge in [-0.2, -0.15) is 0 Å². The van der Waals surface area contributed by atoms with Gasteiger partial charge in [0.2, 0.25) is 0 Å². The molecule has 3 N–H and O–H groups in total. The number of allylic oxidation sites excluding steroid dienone is 2. The Labute approximate surface area is 247 Å². The quantitative estimate of drug-likeness (QED) is 0.0369. The molecule has 11 heteroatoms. The van der Waals surface area contributed by atoms with Gasteiger partial charge in [0.05, 0.1) is 19.8 Å². The number of carbonyl (C=O) groups is 2. The number of hydrogen-bond donors (Lipinski definition) is 3. The first-order chi connectivity index (χ1) is 19.7. The highest BCUT2D eigenvalue weighted by Crippen LogP contribution is 2.43. The molecule has 0 spiro atoms. The van der Waals surface area contributed by atoms with Crippen molar-refractivity contribution in [1.29, 1.82) is 0 Å². The lowest BCUT2D eigenvalue weighted by Crippen LogP contribution is -2.29. The van der Waals surface area contributed by atoms with Crippen LogP contribution in [0.3, 0.4) is 0 Å². The van der Waals surface area contributed by atoms with Gasteiger partial charge >= 0.3 is 19.8 Å². The zero-order valence-corrected chi connectivity index (χ0v) is 26.4. The minimum Gasteiger partial charge on any atom is -0.462 e. The highest BCUT2D eigenvalue weighted by molar-refractivity contribution is 7.47. The molecule has 0 aliphatic rings. The van der Waals surface area contributed by atoms with Gasteiger partial charge in [0.15, 0.2) is 6.10 Å². The lowest BCUT2D eigenvalue weighted by atomic mass is 10.1. The van der Waals surface area contributed by atoms with Crippen molar-refractivity contribution in [3.63, 3.8) is 0 Å². The van der Waals surface area contributed by atoms with Crippen LogP contribution in [0.15, 0.2) is 12.2 Å². The standard InChI is InChI=1S/C30H57O10P/c1-3-5-7-9-10-11-12-13-14-15-16-18-20-22-30(34)40-28(25-37-29(33)21-19-17-8-6-4-2)26-39-41(35,36)38-24-27(32)23-31/h11-12,27-28,31-32H,3-10,13-26H2,1-2H3,(H,35,36)/b12-11-. The fourth-order valence-electron chi connectivity index (χ4n) is 3.93. The number of esters is 2. The molecule has 242 valence electrons. The summed E-state index contributed by atoms with van der Waals surface area (Å²) in [5.41, 5.74) is 0. The zero-order chi connectivity index (χ0) is 30.6. The number of phosphoric ester groups is 1. The fourth-order valence-corrected chi connectivity index (χ4v) is 4.72. The van der Waals surface area contributed by atoms with Crippen molar-refractivity contribution in [3.8, 4) is 0 Å². The molecule has 3 atom stereocenters. The summed E-state index contributed by atoms with van der Waals surface area (Å²) in [5.74, 6) is -0.951. The normalized spacial score (nSPS) is 14.6. The second kappa shape index (κ2) is 27.5. The van der Waals surface area contributed by atoms with Gasteiger partial charge < -0.3 is 24.6 Å².